The number of H-pyrrole nitrogens is 1. The molecule has 7 nitrogen and oxygen atoms in total. The maximum atomic E-state index is 13.1. The molecule has 0 bridgehead atoms. The molecule has 0 atom stereocenters. The molecule has 4 aromatic rings. The molecule has 0 saturated carbocycles. The zero-order valence-corrected chi connectivity index (χ0v) is 14.9. The minimum Gasteiger partial charge on any atom is -0.293 e. The summed E-state index contributed by atoms with van der Waals surface area (Å²) in [7, 11) is 0. The Hall–Kier alpha value is -3.40. The first-order valence-electron chi connectivity index (χ1n) is 8.04. The Bertz CT molecular complexity index is 1220. The lowest BCUT2D eigenvalue weighted by molar-refractivity contribution is 0.102. The van der Waals surface area contributed by atoms with Crippen molar-refractivity contribution in [1.82, 2.24) is 24.8 Å². The second-order valence-corrected chi connectivity index (χ2v) is 6.69. The van der Waals surface area contributed by atoms with Gasteiger partial charge in [0, 0.05) is 11.1 Å². The number of carbonyl (C=O) groups is 1. The minimum absolute atomic E-state index is 0.0269. The second kappa shape index (κ2) is 7.31. The van der Waals surface area contributed by atoms with Crippen LogP contribution in [0.5, 0.6) is 0 Å². The van der Waals surface area contributed by atoms with E-state index in [0.717, 1.165) is 11.8 Å². The summed E-state index contributed by atoms with van der Waals surface area (Å²) in [4.78, 5) is 27.0. The first kappa shape index (κ1) is 18.0. The van der Waals surface area contributed by atoms with Gasteiger partial charge in [0.15, 0.2) is 11.5 Å². The number of nitrogens with one attached hydrogen (secondary N) is 1. The Morgan fingerprint density at radius 3 is 2.32 bits per heavy atom. The molecule has 0 fully saturated rings. The monoisotopic (exact) mass is 399 g/mol. The quantitative estimate of drug-likeness (QED) is 0.410. The van der Waals surface area contributed by atoms with Crippen LogP contribution in [0.2, 0.25) is 0 Å². The first-order valence-corrected chi connectivity index (χ1v) is 9.03. The molecule has 0 aliphatic carbocycles. The maximum Gasteiger partial charge on any atom is 0.279 e. The van der Waals surface area contributed by atoms with Crippen molar-refractivity contribution in [1.29, 1.82) is 0 Å². The number of carbonyl (C=O) groups excluding carboxylic acids is 1. The molecule has 2 aromatic heterocycles. The van der Waals surface area contributed by atoms with Crippen LogP contribution in [0.25, 0.3) is 17.0 Å². The third kappa shape index (κ3) is 3.54. The van der Waals surface area contributed by atoms with E-state index in [1.165, 1.54) is 53.0 Å². The summed E-state index contributed by atoms with van der Waals surface area (Å²) in [5.41, 5.74) is 0.372. The van der Waals surface area contributed by atoms with E-state index in [1.807, 2.05) is 0 Å². The average molecular weight is 399 g/mol. The fraction of sp³-hybridized carbons (Fsp3) is 0.0556. The maximum absolute atomic E-state index is 13.1. The van der Waals surface area contributed by atoms with Crippen LogP contribution in [0.3, 0.4) is 0 Å². The molecule has 4 rings (SSSR count). The topological polar surface area (TPSA) is 93.0 Å². The number of fused-ring (bicyclic) bond motifs is 1. The normalized spacial score (nSPS) is 11.1. The number of halogens is 2. The van der Waals surface area contributed by atoms with Gasteiger partial charge in [-0.15, -0.1) is 10.2 Å². The van der Waals surface area contributed by atoms with Crippen molar-refractivity contribution in [3.63, 3.8) is 0 Å². The van der Waals surface area contributed by atoms with E-state index in [2.05, 4.69) is 20.3 Å². The highest BCUT2D eigenvalue weighted by atomic mass is 32.2. The summed E-state index contributed by atoms with van der Waals surface area (Å²) in [5.74, 6) is -0.924. The summed E-state index contributed by atoms with van der Waals surface area (Å²) in [6, 6.07) is 10.6. The van der Waals surface area contributed by atoms with Gasteiger partial charge in [0.05, 0.1) is 5.75 Å². The third-order valence-electron chi connectivity index (χ3n) is 3.87. The van der Waals surface area contributed by atoms with Gasteiger partial charge in [-0.05, 0) is 48.5 Å². The highest BCUT2D eigenvalue weighted by molar-refractivity contribution is 7.99. The van der Waals surface area contributed by atoms with Gasteiger partial charge in [-0.1, -0.05) is 11.8 Å². The van der Waals surface area contributed by atoms with Crippen LogP contribution in [-0.2, 0) is 0 Å². The van der Waals surface area contributed by atoms with Crippen LogP contribution in [-0.4, -0.2) is 36.3 Å². The summed E-state index contributed by atoms with van der Waals surface area (Å²) < 4.78 is 27.4. The van der Waals surface area contributed by atoms with Gasteiger partial charge in [0.25, 0.3) is 11.3 Å². The van der Waals surface area contributed by atoms with Crippen LogP contribution < -0.4 is 5.56 Å². The van der Waals surface area contributed by atoms with E-state index in [0.29, 0.717) is 16.3 Å². The van der Waals surface area contributed by atoms with Crippen LogP contribution in [0.4, 0.5) is 8.78 Å². The number of benzene rings is 2. The average Bonchev–Trinajstić information content (AvgIpc) is 3.08. The van der Waals surface area contributed by atoms with E-state index in [-0.39, 0.29) is 23.0 Å². The van der Waals surface area contributed by atoms with Crippen LogP contribution >= 0.6 is 11.8 Å². The van der Waals surface area contributed by atoms with E-state index in [1.54, 1.807) is 0 Å². The molecule has 10 heteroatoms. The lowest BCUT2D eigenvalue weighted by atomic mass is 10.1. The Balaban J connectivity index is 1.62. The fourth-order valence-corrected chi connectivity index (χ4v) is 3.25. The number of aromatic nitrogens is 5. The second-order valence-electron chi connectivity index (χ2n) is 5.75. The van der Waals surface area contributed by atoms with Crippen molar-refractivity contribution in [2.75, 3.05) is 5.75 Å². The van der Waals surface area contributed by atoms with Crippen molar-refractivity contribution in [2.24, 2.45) is 0 Å². The van der Waals surface area contributed by atoms with Crippen molar-refractivity contribution < 1.29 is 13.6 Å². The molecule has 2 aromatic carbocycles. The van der Waals surface area contributed by atoms with Crippen LogP contribution in [0, 0.1) is 11.6 Å². The van der Waals surface area contributed by atoms with Gasteiger partial charge in [-0.2, -0.15) is 9.61 Å². The zero-order chi connectivity index (χ0) is 19.7. The van der Waals surface area contributed by atoms with E-state index in [9.17, 15) is 18.4 Å². The smallest absolute Gasteiger partial charge is 0.279 e. The van der Waals surface area contributed by atoms with Gasteiger partial charge < -0.3 is 0 Å². The summed E-state index contributed by atoms with van der Waals surface area (Å²) in [5, 5.41) is 12.3. The van der Waals surface area contributed by atoms with E-state index < -0.39 is 17.2 Å². The third-order valence-corrected chi connectivity index (χ3v) is 4.79. The lowest BCUT2D eigenvalue weighted by Crippen LogP contribution is -2.15. The van der Waals surface area contributed by atoms with Gasteiger partial charge in [-0.25, -0.2) is 8.78 Å². The Morgan fingerprint density at radius 1 is 1.00 bits per heavy atom. The number of aromatic amines is 1. The molecule has 28 heavy (non-hydrogen) atoms. The molecule has 1 N–H and O–H groups in total. The highest BCUT2D eigenvalue weighted by Crippen LogP contribution is 2.19. The molecular formula is C18H11F2N5O2S. The molecule has 0 unspecified atom stereocenters. The molecule has 0 radical (unpaired) electrons. The summed E-state index contributed by atoms with van der Waals surface area (Å²) >= 11 is 1.08. The SMILES string of the molecule is O=C(CSc1nnc2[nH]c(=O)c(-c3ccc(F)cc3)nn12)c1ccc(F)cc1. The number of hydrogen-bond acceptors (Lipinski definition) is 6. The van der Waals surface area contributed by atoms with Crippen molar-refractivity contribution >= 4 is 23.3 Å². The van der Waals surface area contributed by atoms with Gasteiger partial charge in [-0.3, -0.25) is 14.6 Å². The van der Waals surface area contributed by atoms with E-state index in [4.69, 9.17) is 0 Å². The minimum atomic E-state index is -0.495. The fourth-order valence-electron chi connectivity index (χ4n) is 2.48. The number of hydrogen-bond donors (Lipinski definition) is 1. The van der Waals surface area contributed by atoms with Gasteiger partial charge in [0.1, 0.15) is 11.6 Å². The standard InChI is InChI=1S/C18H11F2N5O2S/c19-12-5-1-10(2-6-12)14(26)9-28-18-23-22-17-21-16(27)15(24-25(17)18)11-3-7-13(20)8-4-11/h1-8H,9H2,(H,21,22,27). The molecule has 0 saturated heterocycles. The molecule has 0 spiro atoms. The summed E-state index contributed by atoms with van der Waals surface area (Å²) in [6.07, 6.45) is 0. The zero-order valence-electron chi connectivity index (χ0n) is 14.1. The lowest BCUT2D eigenvalue weighted by Gasteiger charge is -2.03. The van der Waals surface area contributed by atoms with Crippen molar-refractivity contribution in [3.05, 3.63) is 76.1 Å². The number of nitrogens with zero attached hydrogens (tertiary/aromatic N) is 4. The van der Waals surface area contributed by atoms with E-state index >= 15 is 0 Å². The molecular weight excluding hydrogens is 388 g/mol. The van der Waals surface area contributed by atoms with Crippen LogP contribution in [0.1, 0.15) is 10.4 Å². The first-order chi connectivity index (χ1) is 13.5. The summed E-state index contributed by atoms with van der Waals surface area (Å²) in [6.45, 7) is 0. The Kier molecular flexibility index (Phi) is 4.70. The molecule has 2 heterocycles. The van der Waals surface area contributed by atoms with Gasteiger partial charge in [0.2, 0.25) is 5.16 Å². The molecule has 0 aliphatic rings. The number of thioether (sulfide) groups is 1. The number of ketones is 1. The predicted molar refractivity (Wildman–Crippen MR) is 98.3 cm³/mol. The van der Waals surface area contributed by atoms with Crippen LogP contribution in [0.15, 0.2) is 58.5 Å². The Morgan fingerprint density at radius 2 is 1.64 bits per heavy atom. The largest absolute Gasteiger partial charge is 0.293 e. The van der Waals surface area contributed by atoms with Crippen molar-refractivity contribution in [2.45, 2.75) is 5.16 Å². The molecule has 140 valence electrons. The number of rotatable bonds is 5. The Labute approximate surface area is 160 Å². The molecule has 0 amide bonds. The van der Waals surface area contributed by atoms with Gasteiger partial charge >= 0.3 is 0 Å². The highest BCUT2D eigenvalue weighted by Gasteiger charge is 2.15. The molecule has 0 aliphatic heterocycles. The number of Topliss-reactive ketones (excluding diaryl/α,β-unsaturated/α-hetero) is 1. The predicted octanol–water partition coefficient (Wildman–Crippen LogP) is 2.73. The van der Waals surface area contributed by atoms with Crippen molar-refractivity contribution in [3.8, 4) is 11.3 Å².